The molecule has 1 aromatic rings. The van der Waals surface area contributed by atoms with Crippen molar-refractivity contribution in [1.82, 2.24) is 15.1 Å². The predicted octanol–water partition coefficient (Wildman–Crippen LogP) is 3.39. The number of ketones is 1. The van der Waals surface area contributed by atoms with Gasteiger partial charge in [0.25, 0.3) is 5.91 Å². The second-order valence-electron chi connectivity index (χ2n) is 11.8. The summed E-state index contributed by atoms with van der Waals surface area (Å²) in [4.78, 5) is 57.6. The molecule has 0 spiro atoms. The molecule has 5 rings (SSSR count). The second-order valence-corrected chi connectivity index (χ2v) is 11.8. The van der Waals surface area contributed by atoms with Crippen molar-refractivity contribution < 1.29 is 19.2 Å². The lowest BCUT2D eigenvalue weighted by atomic mass is 9.88. The zero-order valence-corrected chi connectivity index (χ0v) is 22.7. The van der Waals surface area contributed by atoms with Crippen molar-refractivity contribution in [2.75, 3.05) is 37.6 Å². The maximum Gasteiger partial charge on any atom is 0.251 e. The molecular formula is C30H42N4O4. The van der Waals surface area contributed by atoms with Gasteiger partial charge in [0, 0.05) is 49.8 Å². The maximum absolute atomic E-state index is 13.2. The van der Waals surface area contributed by atoms with E-state index in [1.54, 1.807) is 9.80 Å². The van der Waals surface area contributed by atoms with Crippen LogP contribution in [0.25, 0.3) is 0 Å². The van der Waals surface area contributed by atoms with E-state index < -0.39 is 6.04 Å². The molecule has 0 aromatic heterocycles. The molecule has 1 aliphatic carbocycles. The van der Waals surface area contributed by atoms with Crippen LogP contribution in [0.5, 0.6) is 0 Å². The van der Waals surface area contributed by atoms with E-state index in [0.29, 0.717) is 37.9 Å². The van der Waals surface area contributed by atoms with Gasteiger partial charge in [-0.25, -0.2) is 0 Å². The minimum absolute atomic E-state index is 0.000626. The lowest BCUT2D eigenvalue weighted by Crippen LogP contribution is -2.45. The number of benzene rings is 1. The largest absolute Gasteiger partial charge is 0.372 e. The van der Waals surface area contributed by atoms with Crippen LogP contribution in [0.1, 0.15) is 81.5 Å². The topological polar surface area (TPSA) is 90.0 Å². The van der Waals surface area contributed by atoms with Gasteiger partial charge in [0.2, 0.25) is 11.8 Å². The van der Waals surface area contributed by atoms with E-state index in [9.17, 15) is 19.2 Å². The minimum Gasteiger partial charge on any atom is -0.372 e. The Morgan fingerprint density at radius 2 is 1.63 bits per heavy atom. The molecule has 206 valence electrons. The molecule has 8 heteroatoms. The van der Waals surface area contributed by atoms with Crippen molar-refractivity contribution >= 4 is 29.2 Å². The number of amides is 3. The van der Waals surface area contributed by atoms with E-state index in [1.807, 2.05) is 31.2 Å². The molecule has 3 aliphatic heterocycles. The molecule has 1 aromatic carbocycles. The summed E-state index contributed by atoms with van der Waals surface area (Å²) in [6.45, 7) is 5.34. The molecular weight excluding hydrogens is 480 g/mol. The lowest BCUT2D eigenvalue weighted by molar-refractivity contribution is -0.138. The number of nitrogens with zero attached hydrogens (tertiary/aromatic N) is 3. The van der Waals surface area contributed by atoms with Crippen LogP contribution in [0.4, 0.5) is 5.69 Å². The smallest absolute Gasteiger partial charge is 0.251 e. The first kappa shape index (κ1) is 26.7. The molecule has 8 nitrogen and oxygen atoms in total. The first-order valence-corrected chi connectivity index (χ1v) is 14.7. The van der Waals surface area contributed by atoms with E-state index in [2.05, 4.69) is 10.2 Å². The quantitative estimate of drug-likeness (QED) is 0.565. The fourth-order valence-electron chi connectivity index (χ4n) is 6.83. The summed E-state index contributed by atoms with van der Waals surface area (Å²) < 4.78 is 0. The number of hydrogen-bond acceptors (Lipinski definition) is 5. The number of rotatable bonds is 8. The van der Waals surface area contributed by atoms with E-state index in [-0.39, 0.29) is 47.9 Å². The molecule has 0 radical (unpaired) electrons. The third kappa shape index (κ3) is 5.74. The number of nitrogens with one attached hydrogen (secondary N) is 1. The number of likely N-dealkylation sites (tertiary alicyclic amines) is 2. The molecule has 1 saturated carbocycles. The highest BCUT2D eigenvalue weighted by Crippen LogP contribution is 2.34. The molecule has 3 amide bonds. The van der Waals surface area contributed by atoms with Gasteiger partial charge in [0.05, 0.1) is 12.6 Å². The van der Waals surface area contributed by atoms with Crippen LogP contribution in [-0.4, -0.2) is 78.1 Å². The van der Waals surface area contributed by atoms with Gasteiger partial charge in [-0.1, -0.05) is 26.2 Å². The normalized spacial score (nSPS) is 24.6. The van der Waals surface area contributed by atoms with Crippen LogP contribution in [0, 0.1) is 11.8 Å². The summed E-state index contributed by atoms with van der Waals surface area (Å²) in [6.07, 6.45) is 9.34. The Morgan fingerprint density at radius 3 is 2.34 bits per heavy atom. The average molecular weight is 523 g/mol. The first-order valence-electron chi connectivity index (χ1n) is 14.7. The van der Waals surface area contributed by atoms with Gasteiger partial charge >= 0.3 is 0 Å². The molecule has 3 atom stereocenters. The highest BCUT2D eigenvalue weighted by atomic mass is 16.2. The van der Waals surface area contributed by atoms with Crippen molar-refractivity contribution in [2.24, 2.45) is 11.8 Å². The number of carbonyl (C=O) groups excluding carboxylic acids is 4. The molecule has 38 heavy (non-hydrogen) atoms. The fourth-order valence-corrected chi connectivity index (χ4v) is 6.83. The van der Waals surface area contributed by atoms with Crippen molar-refractivity contribution in [1.29, 1.82) is 0 Å². The molecule has 4 fully saturated rings. The Morgan fingerprint density at radius 1 is 0.921 bits per heavy atom. The maximum atomic E-state index is 13.2. The van der Waals surface area contributed by atoms with Gasteiger partial charge in [0.1, 0.15) is 6.04 Å². The minimum atomic E-state index is -0.481. The monoisotopic (exact) mass is 522 g/mol. The summed E-state index contributed by atoms with van der Waals surface area (Å²) >= 11 is 0. The standard InChI is InChI=1S/C30H42N4O4/c1-21(13-15-31-29(37)22-9-11-24(12-10-22)32-16-5-6-17-32)19-27(36)33-18-14-25-28(33)26(35)20-34(25)30(38)23-7-3-2-4-8-23/h9-12,21,23,25,28H,2-8,13-20H2,1H3,(H,31,37). The Kier molecular flexibility index (Phi) is 8.34. The van der Waals surface area contributed by atoms with Crippen molar-refractivity contribution in [3.63, 3.8) is 0 Å². The van der Waals surface area contributed by atoms with Gasteiger partial charge in [-0.05, 0) is 68.7 Å². The molecule has 3 saturated heterocycles. The molecule has 3 heterocycles. The highest BCUT2D eigenvalue weighted by molar-refractivity contribution is 5.98. The Labute approximate surface area is 226 Å². The van der Waals surface area contributed by atoms with Crippen molar-refractivity contribution in [3.8, 4) is 0 Å². The van der Waals surface area contributed by atoms with Crippen molar-refractivity contribution in [3.05, 3.63) is 29.8 Å². The van der Waals surface area contributed by atoms with Gasteiger partial charge in [0.15, 0.2) is 5.78 Å². The molecule has 1 N–H and O–H groups in total. The van der Waals surface area contributed by atoms with Crippen molar-refractivity contribution in [2.45, 2.75) is 83.2 Å². The van der Waals surface area contributed by atoms with E-state index in [4.69, 9.17) is 0 Å². The summed E-state index contributed by atoms with van der Waals surface area (Å²) in [5, 5.41) is 2.98. The van der Waals surface area contributed by atoms with Crippen LogP contribution in [0.15, 0.2) is 24.3 Å². The van der Waals surface area contributed by atoms with Crippen LogP contribution in [0.2, 0.25) is 0 Å². The van der Waals surface area contributed by atoms with Gasteiger partial charge < -0.3 is 20.0 Å². The number of fused-ring (bicyclic) bond motifs is 1. The number of hydrogen-bond donors (Lipinski definition) is 1. The summed E-state index contributed by atoms with van der Waals surface area (Å²) in [5.41, 5.74) is 1.81. The summed E-state index contributed by atoms with van der Waals surface area (Å²) in [6, 6.07) is 7.14. The van der Waals surface area contributed by atoms with Gasteiger partial charge in [-0.2, -0.15) is 0 Å². The van der Waals surface area contributed by atoms with E-state index >= 15 is 0 Å². The second kappa shape index (κ2) is 11.9. The Hall–Kier alpha value is -2.90. The summed E-state index contributed by atoms with van der Waals surface area (Å²) in [5.74, 6) is 0.122. The zero-order valence-electron chi connectivity index (χ0n) is 22.7. The third-order valence-corrected chi connectivity index (χ3v) is 9.03. The zero-order chi connectivity index (χ0) is 26.6. The lowest BCUT2D eigenvalue weighted by Gasteiger charge is -2.29. The van der Waals surface area contributed by atoms with Gasteiger partial charge in [-0.3, -0.25) is 19.2 Å². The molecule has 3 unspecified atom stereocenters. The van der Waals surface area contributed by atoms with E-state index in [1.165, 1.54) is 19.3 Å². The Balaban J connectivity index is 1.07. The average Bonchev–Trinajstić information content (AvgIpc) is 3.68. The highest BCUT2D eigenvalue weighted by Gasteiger charge is 2.51. The van der Waals surface area contributed by atoms with Crippen LogP contribution < -0.4 is 10.2 Å². The van der Waals surface area contributed by atoms with Crippen LogP contribution >= 0.6 is 0 Å². The van der Waals surface area contributed by atoms with Gasteiger partial charge in [-0.15, -0.1) is 0 Å². The Bertz CT molecular complexity index is 1030. The SMILES string of the molecule is CC(CCNC(=O)c1ccc(N2CCCC2)cc1)CC(=O)N1CCC2C1C(=O)CN2C(=O)C1CCCCC1. The van der Waals surface area contributed by atoms with Crippen LogP contribution in [0.3, 0.4) is 0 Å². The van der Waals surface area contributed by atoms with Crippen LogP contribution in [-0.2, 0) is 14.4 Å². The molecule has 4 aliphatic rings. The number of anilines is 1. The van der Waals surface area contributed by atoms with E-state index in [0.717, 1.165) is 44.5 Å². The number of Topliss-reactive ketones (excluding diaryl/α,β-unsaturated/α-hetero) is 1. The first-order chi connectivity index (χ1) is 18.4. The number of carbonyl (C=O) groups is 4. The molecule has 0 bridgehead atoms. The third-order valence-electron chi connectivity index (χ3n) is 9.03. The predicted molar refractivity (Wildman–Crippen MR) is 146 cm³/mol. The summed E-state index contributed by atoms with van der Waals surface area (Å²) in [7, 11) is 0. The fraction of sp³-hybridized carbons (Fsp3) is 0.667.